The fraction of sp³-hybridized carbons (Fsp3) is 0.600. The van der Waals surface area contributed by atoms with Gasteiger partial charge < -0.3 is 5.32 Å². The highest BCUT2D eigenvalue weighted by molar-refractivity contribution is 5.26. The second-order valence-corrected chi connectivity index (χ2v) is 5.37. The van der Waals surface area contributed by atoms with Crippen LogP contribution in [0.25, 0.3) is 0 Å². The van der Waals surface area contributed by atoms with Crippen molar-refractivity contribution in [2.45, 2.75) is 39.7 Å². The van der Waals surface area contributed by atoms with E-state index in [1.807, 2.05) is 13.0 Å². The van der Waals surface area contributed by atoms with Crippen LogP contribution >= 0.6 is 0 Å². The van der Waals surface area contributed by atoms with Crippen LogP contribution in [0.3, 0.4) is 0 Å². The van der Waals surface area contributed by atoms with Crippen LogP contribution in [0.2, 0.25) is 0 Å². The van der Waals surface area contributed by atoms with Gasteiger partial charge in [0, 0.05) is 6.54 Å². The maximum atomic E-state index is 12.9. The van der Waals surface area contributed by atoms with Crippen molar-refractivity contribution < 1.29 is 4.39 Å². The van der Waals surface area contributed by atoms with Crippen molar-refractivity contribution in [2.75, 3.05) is 6.54 Å². The van der Waals surface area contributed by atoms with Gasteiger partial charge in [-0.05, 0) is 55.0 Å². The lowest BCUT2D eigenvalue weighted by atomic mass is 9.98. The Morgan fingerprint density at radius 2 is 2.18 bits per heavy atom. The number of hydrogen-bond donors (Lipinski definition) is 1. The van der Waals surface area contributed by atoms with Crippen molar-refractivity contribution in [2.24, 2.45) is 11.8 Å². The van der Waals surface area contributed by atoms with Gasteiger partial charge in [-0.2, -0.15) is 0 Å². The molecule has 94 valence electrons. The fourth-order valence-electron chi connectivity index (χ4n) is 2.78. The van der Waals surface area contributed by atoms with Gasteiger partial charge in [0.25, 0.3) is 0 Å². The van der Waals surface area contributed by atoms with Crippen molar-refractivity contribution in [3.8, 4) is 0 Å². The van der Waals surface area contributed by atoms with Crippen LogP contribution < -0.4 is 5.32 Å². The van der Waals surface area contributed by atoms with E-state index < -0.39 is 0 Å². The molecular weight excluding hydrogens is 213 g/mol. The van der Waals surface area contributed by atoms with Crippen LogP contribution in [-0.4, -0.2) is 6.54 Å². The second kappa shape index (κ2) is 5.63. The summed E-state index contributed by atoms with van der Waals surface area (Å²) in [6.07, 6.45) is 4.11. The van der Waals surface area contributed by atoms with Crippen molar-refractivity contribution in [3.05, 3.63) is 35.1 Å². The number of hydrogen-bond acceptors (Lipinski definition) is 1. The maximum Gasteiger partial charge on any atom is 0.123 e. The van der Waals surface area contributed by atoms with Crippen LogP contribution in [-0.2, 0) is 6.54 Å². The van der Waals surface area contributed by atoms with Gasteiger partial charge in [-0.25, -0.2) is 4.39 Å². The van der Waals surface area contributed by atoms with Crippen molar-refractivity contribution in [1.82, 2.24) is 5.32 Å². The van der Waals surface area contributed by atoms with Crippen molar-refractivity contribution >= 4 is 0 Å². The molecule has 1 nitrogen and oxygen atoms in total. The number of aryl methyl sites for hydroxylation is 1. The van der Waals surface area contributed by atoms with Gasteiger partial charge in [-0.3, -0.25) is 0 Å². The van der Waals surface area contributed by atoms with Gasteiger partial charge in [0.15, 0.2) is 0 Å². The number of nitrogens with one attached hydrogen (secondary N) is 1. The minimum absolute atomic E-state index is 0.143. The molecule has 1 aromatic rings. The van der Waals surface area contributed by atoms with Gasteiger partial charge in [0.2, 0.25) is 0 Å². The standard InChI is InChI=1S/C15H22FN/c1-11-4-3-5-13(11)9-17-10-14-6-7-15(16)8-12(14)2/h6-8,11,13,17H,3-5,9-10H2,1-2H3. The molecule has 2 atom stereocenters. The Balaban J connectivity index is 1.81. The number of halogens is 1. The molecule has 0 bridgehead atoms. The predicted molar refractivity (Wildman–Crippen MR) is 69.3 cm³/mol. The summed E-state index contributed by atoms with van der Waals surface area (Å²) in [7, 11) is 0. The molecular formula is C15H22FN. The highest BCUT2D eigenvalue weighted by Crippen LogP contribution is 2.30. The van der Waals surface area contributed by atoms with Crippen LogP contribution in [0.4, 0.5) is 4.39 Å². The summed E-state index contributed by atoms with van der Waals surface area (Å²) in [5, 5.41) is 3.51. The average molecular weight is 235 g/mol. The minimum atomic E-state index is -0.143. The molecule has 2 unspecified atom stereocenters. The zero-order valence-corrected chi connectivity index (χ0v) is 10.8. The molecule has 17 heavy (non-hydrogen) atoms. The molecule has 1 saturated carbocycles. The zero-order valence-electron chi connectivity index (χ0n) is 10.8. The van der Waals surface area contributed by atoms with E-state index in [1.54, 1.807) is 12.1 Å². The monoisotopic (exact) mass is 235 g/mol. The molecule has 0 aromatic heterocycles. The van der Waals surface area contributed by atoms with E-state index in [9.17, 15) is 4.39 Å². The zero-order chi connectivity index (χ0) is 12.3. The Kier molecular flexibility index (Phi) is 4.16. The summed E-state index contributed by atoms with van der Waals surface area (Å²) in [5.41, 5.74) is 2.24. The summed E-state index contributed by atoms with van der Waals surface area (Å²) in [4.78, 5) is 0. The molecule has 2 rings (SSSR count). The van der Waals surface area contributed by atoms with E-state index in [0.29, 0.717) is 0 Å². The van der Waals surface area contributed by atoms with Crippen LogP contribution in [0.1, 0.15) is 37.3 Å². The summed E-state index contributed by atoms with van der Waals surface area (Å²) < 4.78 is 12.9. The molecule has 1 aliphatic rings. The highest BCUT2D eigenvalue weighted by Gasteiger charge is 2.22. The average Bonchev–Trinajstić information content (AvgIpc) is 2.68. The van der Waals surface area contributed by atoms with E-state index in [0.717, 1.165) is 30.5 Å². The van der Waals surface area contributed by atoms with Crippen molar-refractivity contribution in [1.29, 1.82) is 0 Å². The maximum absolute atomic E-state index is 12.9. The van der Waals surface area contributed by atoms with Crippen LogP contribution in [0, 0.1) is 24.6 Å². The Labute approximate surface area is 103 Å². The summed E-state index contributed by atoms with van der Waals surface area (Å²) >= 11 is 0. The molecule has 0 heterocycles. The SMILES string of the molecule is Cc1cc(F)ccc1CNCC1CCCC1C. The first-order chi connectivity index (χ1) is 8.16. The molecule has 0 amide bonds. The van der Waals surface area contributed by atoms with Gasteiger partial charge >= 0.3 is 0 Å². The molecule has 0 radical (unpaired) electrons. The van der Waals surface area contributed by atoms with Crippen LogP contribution in [0.15, 0.2) is 18.2 Å². The summed E-state index contributed by atoms with van der Waals surface area (Å²) in [5.74, 6) is 1.54. The van der Waals surface area contributed by atoms with Crippen molar-refractivity contribution in [3.63, 3.8) is 0 Å². The molecule has 1 aliphatic carbocycles. The second-order valence-electron chi connectivity index (χ2n) is 5.37. The lowest BCUT2D eigenvalue weighted by Gasteiger charge is -2.16. The van der Waals surface area contributed by atoms with Gasteiger partial charge in [-0.15, -0.1) is 0 Å². The smallest absolute Gasteiger partial charge is 0.123 e. The largest absolute Gasteiger partial charge is 0.312 e. The highest BCUT2D eigenvalue weighted by atomic mass is 19.1. The van der Waals surface area contributed by atoms with E-state index in [4.69, 9.17) is 0 Å². The Hall–Kier alpha value is -0.890. The molecule has 1 aromatic carbocycles. The lowest BCUT2D eigenvalue weighted by molar-refractivity contribution is 0.392. The van der Waals surface area contributed by atoms with E-state index in [-0.39, 0.29) is 5.82 Å². The van der Waals surface area contributed by atoms with E-state index in [2.05, 4.69) is 12.2 Å². The molecule has 2 heteroatoms. The van der Waals surface area contributed by atoms with E-state index >= 15 is 0 Å². The normalized spacial score (nSPS) is 24.2. The summed E-state index contributed by atoms with van der Waals surface area (Å²) in [6.45, 7) is 6.27. The first-order valence-corrected chi connectivity index (χ1v) is 6.62. The topological polar surface area (TPSA) is 12.0 Å². The Morgan fingerprint density at radius 3 is 2.82 bits per heavy atom. The lowest BCUT2D eigenvalue weighted by Crippen LogP contribution is -2.24. The number of benzene rings is 1. The fourth-order valence-corrected chi connectivity index (χ4v) is 2.78. The molecule has 0 saturated heterocycles. The molecule has 1 fully saturated rings. The first-order valence-electron chi connectivity index (χ1n) is 6.62. The third-order valence-corrected chi connectivity index (χ3v) is 4.07. The Morgan fingerprint density at radius 1 is 1.35 bits per heavy atom. The third-order valence-electron chi connectivity index (χ3n) is 4.07. The minimum Gasteiger partial charge on any atom is -0.312 e. The van der Waals surface area contributed by atoms with E-state index in [1.165, 1.54) is 24.8 Å². The molecule has 1 N–H and O–H groups in total. The third kappa shape index (κ3) is 3.29. The quantitative estimate of drug-likeness (QED) is 0.839. The molecule has 0 aliphatic heterocycles. The van der Waals surface area contributed by atoms with Gasteiger partial charge in [-0.1, -0.05) is 25.8 Å². The van der Waals surface area contributed by atoms with Crippen LogP contribution in [0.5, 0.6) is 0 Å². The van der Waals surface area contributed by atoms with Gasteiger partial charge in [0.05, 0.1) is 0 Å². The first kappa shape index (κ1) is 12.6. The predicted octanol–water partition coefficient (Wildman–Crippen LogP) is 3.66. The van der Waals surface area contributed by atoms with Gasteiger partial charge in [0.1, 0.15) is 5.82 Å². The summed E-state index contributed by atoms with van der Waals surface area (Å²) in [6, 6.07) is 5.03. The number of rotatable bonds is 4. The molecule has 0 spiro atoms. The Bertz CT molecular complexity index is 375.